The number of amides is 2. The molecule has 21 heavy (non-hydrogen) atoms. The molecule has 0 aromatic carbocycles. The number of nitrogens with zero attached hydrogens (tertiary/aromatic N) is 2. The highest BCUT2D eigenvalue weighted by molar-refractivity contribution is 5.89. The third-order valence-electron chi connectivity index (χ3n) is 3.27. The molecule has 1 atom stereocenters. The Labute approximate surface area is 122 Å². The molecule has 8 heteroatoms. The number of hydrogen-bond donors (Lipinski definition) is 0. The summed E-state index contributed by atoms with van der Waals surface area (Å²) in [6.45, 7) is 2.66. The summed E-state index contributed by atoms with van der Waals surface area (Å²) in [7, 11) is 1.44. The van der Waals surface area contributed by atoms with Gasteiger partial charge >= 0.3 is 6.18 Å². The summed E-state index contributed by atoms with van der Waals surface area (Å²) in [5.74, 6) is -0.948. The fraction of sp³-hybridized carbons (Fsp3) is 0.846. The number of ether oxygens (including phenoxy) is 1. The van der Waals surface area contributed by atoms with Crippen LogP contribution in [0.5, 0.6) is 0 Å². The quantitative estimate of drug-likeness (QED) is 0.745. The number of halogens is 3. The second-order valence-corrected chi connectivity index (χ2v) is 5.35. The Bertz CT molecular complexity index is 385. The molecule has 1 aliphatic heterocycles. The molecule has 0 aliphatic carbocycles. The van der Waals surface area contributed by atoms with Crippen molar-refractivity contribution in [3.63, 3.8) is 0 Å². The van der Waals surface area contributed by atoms with Crippen LogP contribution < -0.4 is 0 Å². The Hall–Kier alpha value is -1.31. The van der Waals surface area contributed by atoms with Crippen LogP contribution in [0.1, 0.15) is 26.7 Å². The van der Waals surface area contributed by atoms with Crippen molar-refractivity contribution in [1.29, 1.82) is 0 Å². The average molecular weight is 310 g/mol. The van der Waals surface area contributed by atoms with Gasteiger partial charge in [0.1, 0.15) is 12.6 Å². The summed E-state index contributed by atoms with van der Waals surface area (Å²) in [6, 6.07) is -0.807. The first-order valence-electron chi connectivity index (χ1n) is 6.84. The number of carbonyl (C=O) groups is 2. The molecule has 1 rings (SSSR count). The fourth-order valence-corrected chi connectivity index (χ4v) is 2.19. The Morgan fingerprint density at radius 2 is 2.10 bits per heavy atom. The molecule has 1 fully saturated rings. The maximum absolute atomic E-state index is 12.3. The lowest BCUT2D eigenvalue weighted by Gasteiger charge is -2.24. The van der Waals surface area contributed by atoms with E-state index in [9.17, 15) is 22.8 Å². The van der Waals surface area contributed by atoms with Crippen LogP contribution in [0.2, 0.25) is 0 Å². The van der Waals surface area contributed by atoms with Gasteiger partial charge in [0.2, 0.25) is 11.8 Å². The fourth-order valence-electron chi connectivity index (χ4n) is 2.19. The Kier molecular flexibility index (Phi) is 6.00. The van der Waals surface area contributed by atoms with E-state index in [4.69, 9.17) is 4.74 Å². The maximum Gasteiger partial charge on any atom is 0.406 e. The monoisotopic (exact) mass is 310 g/mol. The SMILES string of the molecule is CC(C)OCCC(=O)N(C)C1CCN(CC(F)(F)F)C1=O. The van der Waals surface area contributed by atoms with Gasteiger partial charge in [0.05, 0.1) is 19.1 Å². The van der Waals surface area contributed by atoms with Gasteiger partial charge < -0.3 is 14.5 Å². The zero-order valence-corrected chi connectivity index (χ0v) is 12.4. The largest absolute Gasteiger partial charge is 0.406 e. The molecule has 1 aliphatic rings. The molecule has 2 amide bonds. The lowest BCUT2D eigenvalue weighted by atomic mass is 10.2. The highest BCUT2D eigenvalue weighted by Crippen LogP contribution is 2.23. The molecule has 0 spiro atoms. The van der Waals surface area contributed by atoms with Gasteiger partial charge in [-0.3, -0.25) is 9.59 Å². The van der Waals surface area contributed by atoms with Crippen molar-refractivity contribution in [2.24, 2.45) is 0 Å². The first-order chi connectivity index (χ1) is 9.61. The zero-order chi connectivity index (χ0) is 16.2. The van der Waals surface area contributed by atoms with Crippen molar-refractivity contribution in [1.82, 2.24) is 9.80 Å². The molecular formula is C13H21F3N2O3. The lowest BCUT2D eigenvalue weighted by Crippen LogP contribution is -2.45. The molecule has 0 N–H and O–H groups in total. The van der Waals surface area contributed by atoms with Crippen LogP contribution in [-0.2, 0) is 14.3 Å². The van der Waals surface area contributed by atoms with E-state index < -0.39 is 24.7 Å². The summed E-state index contributed by atoms with van der Waals surface area (Å²) in [4.78, 5) is 25.8. The predicted molar refractivity (Wildman–Crippen MR) is 69.5 cm³/mol. The summed E-state index contributed by atoms with van der Waals surface area (Å²) in [6.07, 6.45) is -4.09. The van der Waals surface area contributed by atoms with Crippen LogP contribution in [-0.4, -0.2) is 66.7 Å². The molecule has 0 saturated carbocycles. The first kappa shape index (κ1) is 17.7. The van der Waals surface area contributed by atoms with E-state index in [2.05, 4.69) is 0 Å². The number of likely N-dealkylation sites (tertiary alicyclic amines) is 1. The minimum atomic E-state index is -4.42. The lowest BCUT2D eigenvalue weighted by molar-refractivity contribution is -0.159. The van der Waals surface area contributed by atoms with Crippen molar-refractivity contribution in [2.45, 2.75) is 45.0 Å². The minimum absolute atomic E-state index is 0.00139. The van der Waals surface area contributed by atoms with Crippen molar-refractivity contribution < 1.29 is 27.5 Å². The first-order valence-corrected chi connectivity index (χ1v) is 6.84. The molecule has 0 bridgehead atoms. The van der Waals surface area contributed by atoms with Crippen molar-refractivity contribution >= 4 is 11.8 Å². The van der Waals surface area contributed by atoms with E-state index in [1.165, 1.54) is 11.9 Å². The highest BCUT2D eigenvalue weighted by Gasteiger charge is 2.41. The van der Waals surface area contributed by atoms with Gasteiger partial charge in [-0.1, -0.05) is 0 Å². The summed E-state index contributed by atoms with van der Waals surface area (Å²) in [5.41, 5.74) is 0. The molecule has 5 nitrogen and oxygen atoms in total. The van der Waals surface area contributed by atoms with Gasteiger partial charge in [-0.05, 0) is 20.3 Å². The second-order valence-electron chi connectivity index (χ2n) is 5.35. The standard InChI is InChI=1S/C13H21F3N2O3/c1-9(2)21-7-5-11(19)17(3)10-4-6-18(12(10)20)8-13(14,15)16/h9-10H,4-8H2,1-3H3. The van der Waals surface area contributed by atoms with E-state index in [0.29, 0.717) is 0 Å². The predicted octanol–water partition coefficient (Wildman–Crippen LogP) is 1.42. The van der Waals surface area contributed by atoms with Gasteiger partial charge in [-0.15, -0.1) is 0 Å². The molecule has 1 saturated heterocycles. The van der Waals surface area contributed by atoms with Crippen LogP contribution >= 0.6 is 0 Å². The van der Waals surface area contributed by atoms with Crippen LogP contribution in [0.3, 0.4) is 0 Å². The molecule has 0 aromatic heterocycles. The molecule has 122 valence electrons. The minimum Gasteiger partial charge on any atom is -0.378 e. The average Bonchev–Trinajstić information content (AvgIpc) is 2.67. The number of carbonyl (C=O) groups excluding carboxylic acids is 2. The maximum atomic E-state index is 12.3. The zero-order valence-electron chi connectivity index (χ0n) is 12.4. The number of hydrogen-bond acceptors (Lipinski definition) is 3. The van der Waals surface area contributed by atoms with Crippen LogP contribution in [0.15, 0.2) is 0 Å². The van der Waals surface area contributed by atoms with Crippen LogP contribution in [0, 0.1) is 0 Å². The van der Waals surface area contributed by atoms with Crippen molar-refractivity contribution in [3.05, 3.63) is 0 Å². The van der Waals surface area contributed by atoms with Gasteiger partial charge in [-0.25, -0.2) is 0 Å². The summed E-state index contributed by atoms with van der Waals surface area (Å²) >= 11 is 0. The normalized spacial score (nSPS) is 19.5. The van der Waals surface area contributed by atoms with E-state index in [1.807, 2.05) is 13.8 Å². The highest BCUT2D eigenvalue weighted by atomic mass is 19.4. The van der Waals surface area contributed by atoms with Crippen molar-refractivity contribution in [2.75, 3.05) is 26.7 Å². The topological polar surface area (TPSA) is 49.9 Å². The molecule has 0 radical (unpaired) electrons. The Morgan fingerprint density at radius 3 is 2.62 bits per heavy atom. The van der Waals surface area contributed by atoms with E-state index in [1.54, 1.807) is 0 Å². The van der Waals surface area contributed by atoms with Crippen LogP contribution in [0.25, 0.3) is 0 Å². The number of likely N-dealkylation sites (N-methyl/N-ethyl adjacent to an activating group) is 1. The second kappa shape index (κ2) is 7.11. The van der Waals surface area contributed by atoms with E-state index >= 15 is 0 Å². The third-order valence-corrected chi connectivity index (χ3v) is 3.27. The van der Waals surface area contributed by atoms with Crippen molar-refractivity contribution in [3.8, 4) is 0 Å². The van der Waals surface area contributed by atoms with Gasteiger partial charge in [0, 0.05) is 13.6 Å². The molecule has 0 aromatic rings. The molecule has 1 heterocycles. The molecule has 1 unspecified atom stereocenters. The smallest absolute Gasteiger partial charge is 0.378 e. The van der Waals surface area contributed by atoms with Crippen LogP contribution in [0.4, 0.5) is 13.2 Å². The van der Waals surface area contributed by atoms with E-state index in [0.717, 1.165) is 4.90 Å². The van der Waals surface area contributed by atoms with Gasteiger partial charge in [-0.2, -0.15) is 13.2 Å². The Balaban J connectivity index is 2.50. The number of alkyl halides is 3. The Morgan fingerprint density at radius 1 is 1.48 bits per heavy atom. The third kappa shape index (κ3) is 5.53. The number of rotatable bonds is 6. The van der Waals surface area contributed by atoms with E-state index in [-0.39, 0.29) is 38.0 Å². The summed E-state index contributed by atoms with van der Waals surface area (Å²) < 4.78 is 42.2. The molecular weight excluding hydrogens is 289 g/mol. The van der Waals surface area contributed by atoms with Gasteiger partial charge in [0.15, 0.2) is 0 Å². The van der Waals surface area contributed by atoms with Gasteiger partial charge in [0.25, 0.3) is 0 Å². The summed E-state index contributed by atoms with van der Waals surface area (Å²) in [5, 5.41) is 0.